The Kier molecular flexibility index (Phi) is 3.45. The summed E-state index contributed by atoms with van der Waals surface area (Å²) >= 11 is 0.992. The predicted molar refractivity (Wildman–Crippen MR) is 77.1 cm³/mol. The molecule has 4 nitrogen and oxygen atoms in total. The van der Waals surface area contributed by atoms with E-state index >= 15 is 0 Å². The normalized spacial score (nSPS) is 10.5. The third kappa shape index (κ3) is 2.66. The highest BCUT2D eigenvalue weighted by molar-refractivity contribution is 7.11. The Labute approximate surface area is 123 Å². The van der Waals surface area contributed by atoms with Crippen molar-refractivity contribution in [2.45, 2.75) is 0 Å². The number of nitrogens with one attached hydrogen (secondary N) is 1. The molecule has 0 aliphatic heterocycles. The second-order valence-electron chi connectivity index (χ2n) is 4.30. The number of hydrogen-bond donors (Lipinski definition) is 1. The topological polar surface area (TPSA) is 58.7 Å². The van der Waals surface area contributed by atoms with Crippen LogP contribution in [0.15, 0.2) is 54.6 Å². The maximum atomic E-state index is 12.9. The summed E-state index contributed by atoms with van der Waals surface area (Å²) in [5, 5.41) is 12.3. The molecule has 0 saturated carbocycles. The smallest absolute Gasteiger partial charge is 0.223 e. The van der Waals surface area contributed by atoms with Crippen LogP contribution in [0.5, 0.6) is 0 Å². The molecule has 1 N–H and O–H groups in total. The van der Waals surface area contributed by atoms with Crippen molar-refractivity contribution in [2.75, 3.05) is 0 Å². The van der Waals surface area contributed by atoms with E-state index in [1.165, 1.54) is 28.9 Å². The van der Waals surface area contributed by atoms with Gasteiger partial charge in [-0.3, -0.25) is 10.2 Å². The fraction of sp³-hybridized carbons (Fsp3) is 0. The Morgan fingerprint density at radius 3 is 2.43 bits per heavy atom. The molecule has 6 heteroatoms. The Morgan fingerprint density at radius 2 is 1.76 bits per heavy atom. The molecule has 21 heavy (non-hydrogen) atoms. The van der Waals surface area contributed by atoms with Gasteiger partial charge < -0.3 is 0 Å². The Hall–Kier alpha value is -2.60. The lowest BCUT2D eigenvalue weighted by molar-refractivity contribution is 0.103. The highest BCUT2D eigenvalue weighted by atomic mass is 32.1. The molecule has 0 spiro atoms. The zero-order valence-electron chi connectivity index (χ0n) is 10.8. The molecule has 2 aromatic carbocycles. The SMILES string of the molecule is N=c1sc(C(=O)c2ccc(F)cc2)nn1-c1ccccc1. The van der Waals surface area contributed by atoms with E-state index in [4.69, 9.17) is 5.41 Å². The van der Waals surface area contributed by atoms with Crippen molar-refractivity contribution in [1.82, 2.24) is 9.78 Å². The van der Waals surface area contributed by atoms with Crippen molar-refractivity contribution >= 4 is 17.1 Å². The first-order valence-corrected chi connectivity index (χ1v) is 6.97. The van der Waals surface area contributed by atoms with Crippen LogP contribution >= 0.6 is 11.3 Å². The van der Waals surface area contributed by atoms with E-state index in [1.807, 2.05) is 30.3 Å². The van der Waals surface area contributed by atoms with Gasteiger partial charge in [-0.1, -0.05) is 29.5 Å². The number of aromatic nitrogens is 2. The predicted octanol–water partition coefficient (Wildman–Crippen LogP) is 2.78. The summed E-state index contributed by atoms with van der Waals surface area (Å²) < 4.78 is 14.3. The van der Waals surface area contributed by atoms with Gasteiger partial charge in [0.05, 0.1) is 5.69 Å². The third-order valence-corrected chi connectivity index (χ3v) is 3.70. The van der Waals surface area contributed by atoms with Gasteiger partial charge in [0.25, 0.3) is 0 Å². The average Bonchev–Trinajstić information content (AvgIpc) is 2.90. The van der Waals surface area contributed by atoms with Crippen LogP contribution in [0.3, 0.4) is 0 Å². The monoisotopic (exact) mass is 299 g/mol. The molecule has 104 valence electrons. The van der Waals surface area contributed by atoms with Gasteiger partial charge in [-0.2, -0.15) is 5.10 Å². The first-order valence-electron chi connectivity index (χ1n) is 6.15. The maximum Gasteiger partial charge on any atom is 0.223 e. The summed E-state index contributed by atoms with van der Waals surface area (Å²) in [6.07, 6.45) is 0. The molecule has 1 heterocycles. The van der Waals surface area contributed by atoms with Crippen molar-refractivity contribution in [2.24, 2.45) is 0 Å². The Bertz CT molecular complexity index is 837. The number of para-hydroxylation sites is 1. The van der Waals surface area contributed by atoms with Crippen molar-refractivity contribution in [1.29, 1.82) is 5.41 Å². The summed E-state index contributed by atoms with van der Waals surface area (Å²) in [7, 11) is 0. The summed E-state index contributed by atoms with van der Waals surface area (Å²) in [5.41, 5.74) is 1.07. The van der Waals surface area contributed by atoms with Gasteiger partial charge in [-0.05, 0) is 36.4 Å². The number of nitrogens with zero attached hydrogens (tertiary/aromatic N) is 2. The molecule has 0 amide bonds. The zero-order chi connectivity index (χ0) is 14.8. The first kappa shape index (κ1) is 13.4. The van der Waals surface area contributed by atoms with Crippen LogP contribution in [0.1, 0.15) is 15.4 Å². The molecule has 1 aromatic heterocycles. The van der Waals surface area contributed by atoms with Crippen LogP contribution in [0.25, 0.3) is 5.69 Å². The minimum Gasteiger partial charge on any atom is -0.286 e. The van der Waals surface area contributed by atoms with E-state index in [-0.39, 0.29) is 15.6 Å². The number of benzene rings is 2. The quantitative estimate of drug-likeness (QED) is 0.756. The second kappa shape index (κ2) is 5.41. The minimum atomic E-state index is -0.397. The fourth-order valence-corrected chi connectivity index (χ4v) is 2.60. The molecule has 0 atom stereocenters. The molecule has 0 fully saturated rings. The molecular weight excluding hydrogens is 289 g/mol. The molecule has 0 radical (unpaired) electrons. The molecule has 0 unspecified atom stereocenters. The lowest BCUT2D eigenvalue weighted by atomic mass is 10.1. The van der Waals surface area contributed by atoms with Crippen LogP contribution in [-0.2, 0) is 0 Å². The number of halogens is 1. The van der Waals surface area contributed by atoms with Crippen molar-refractivity contribution in [3.8, 4) is 5.69 Å². The number of carbonyl (C=O) groups excluding carboxylic acids is 1. The average molecular weight is 299 g/mol. The number of carbonyl (C=O) groups is 1. The van der Waals surface area contributed by atoms with Crippen molar-refractivity contribution < 1.29 is 9.18 Å². The van der Waals surface area contributed by atoms with E-state index in [0.717, 1.165) is 17.0 Å². The van der Waals surface area contributed by atoms with Gasteiger partial charge in [-0.25, -0.2) is 9.07 Å². The number of hydrogen-bond acceptors (Lipinski definition) is 4. The molecular formula is C15H10FN3OS. The minimum absolute atomic E-state index is 0.159. The summed E-state index contributed by atoms with van der Waals surface area (Å²) in [4.78, 5) is 12.4. The molecule has 0 saturated heterocycles. The molecule has 3 aromatic rings. The highest BCUT2D eigenvalue weighted by Crippen LogP contribution is 2.12. The second-order valence-corrected chi connectivity index (χ2v) is 5.27. The number of ketones is 1. The van der Waals surface area contributed by atoms with Crippen LogP contribution in [0.4, 0.5) is 4.39 Å². The van der Waals surface area contributed by atoms with E-state index in [9.17, 15) is 9.18 Å². The van der Waals surface area contributed by atoms with E-state index < -0.39 is 5.82 Å². The van der Waals surface area contributed by atoms with Gasteiger partial charge >= 0.3 is 0 Å². The lowest BCUT2D eigenvalue weighted by Gasteiger charge is -1.99. The summed E-state index contributed by atoms with van der Waals surface area (Å²) in [5.74, 6) is -0.714. The van der Waals surface area contributed by atoms with E-state index in [1.54, 1.807) is 0 Å². The summed E-state index contributed by atoms with van der Waals surface area (Å²) in [6, 6.07) is 14.4. The molecule has 3 rings (SSSR count). The standard InChI is InChI=1S/C15H10FN3OS/c16-11-8-6-10(7-9-11)13(20)14-18-19(15(17)21-14)12-4-2-1-3-5-12/h1-9,17H. The van der Waals surface area contributed by atoms with E-state index in [0.29, 0.717) is 5.56 Å². The first-order chi connectivity index (χ1) is 10.1. The van der Waals surface area contributed by atoms with E-state index in [2.05, 4.69) is 5.10 Å². The van der Waals surface area contributed by atoms with Gasteiger partial charge in [0, 0.05) is 5.56 Å². The van der Waals surface area contributed by atoms with Gasteiger partial charge in [0.15, 0.2) is 5.01 Å². The molecule has 0 bridgehead atoms. The number of rotatable bonds is 3. The summed E-state index contributed by atoms with van der Waals surface area (Å²) in [6.45, 7) is 0. The Morgan fingerprint density at radius 1 is 1.10 bits per heavy atom. The fourth-order valence-electron chi connectivity index (χ4n) is 1.85. The maximum absolute atomic E-state index is 12.9. The zero-order valence-corrected chi connectivity index (χ0v) is 11.6. The Balaban J connectivity index is 1.99. The van der Waals surface area contributed by atoms with Crippen LogP contribution in [0, 0.1) is 11.2 Å². The van der Waals surface area contributed by atoms with Crippen molar-refractivity contribution in [3.05, 3.63) is 75.8 Å². The lowest BCUT2D eigenvalue weighted by Crippen LogP contribution is -2.12. The molecule has 0 aliphatic rings. The highest BCUT2D eigenvalue weighted by Gasteiger charge is 2.15. The van der Waals surface area contributed by atoms with Crippen LogP contribution < -0.4 is 4.80 Å². The molecule has 0 aliphatic carbocycles. The van der Waals surface area contributed by atoms with Gasteiger partial charge in [-0.15, -0.1) is 0 Å². The van der Waals surface area contributed by atoms with Crippen LogP contribution in [0.2, 0.25) is 0 Å². The van der Waals surface area contributed by atoms with Gasteiger partial charge in [0.2, 0.25) is 10.6 Å². The van der Waals surface area contributed by atoms with Crippen molar-refractivity contribution in [3.63, 3.8) is 0 Å². The third-order valence-electron chi connectivity index (χ3n) is 2.88. The van der Waals surface area contributed by atoms with Gasteiger partial charge in [0.1, 0.15) is 5.82 Å². The van der Waals surface area contributed by atoms with Crippen LogP contribution in [-0.4, -0.2) is 15.6 Å². The largest absolute Gasteiger partial charge is 0.286 e.